The van der Waals surface area contributed by atoms with Gasteiger partial charge in [0.2, 0.25) is 0 Å². The number of rotatable bonds is 9. The summed E-state index contributed by atoms with van der Waals surface area (Å²) in [7, 11) is 0. The number of nitrogens with zero attached hydrogens (tertiary/aromatic N) is 2. The fourth-order valence-electron chi connectivity index (χ4n) is 4.07. The van der Waals surface area contributed by atoms with Crippen molar-refractivity contribution in [2.45, 2.75) is 78.4 Å². The number of halogens is 1. The van der Waals surface area contributed by atoms with Crippen molar-refractivity contribution in [3.05, 3.63) is 65.6 Å². The number of carbonyl (C=O) groups is 1. The monoisotopic (exact) mass is 470 g/mol. The normalized spacial score (nSPS) is 12.8. The predicted octanol–water partition coefficient (Wildman–Crippen LogP) is 7.26. The van der Waals surface area contributed by atoms with E-state index in [4.69, 9.17) is 16.3 Å². The molecule has 0 aliphatic rings. The Balaban J connectivity index is 1.81. The van der Waals surface area contributed by atoms with Crippen molar-refractivity contribution in [1.29, 1.82) is 0 Å². The minimum Gasteiger partial charge on any atom is -0.443 e. The minimum absolute atomic E-state index is 0.157. The van der Waals surface area contributed by atoms with Crippen molar-refractivity contribution < 1.29 is 14.1 Å². The van der Waals surface area contributed by atoms with Crippen LogP contribution in [0.3, 0.4) is 0 Å². The highest BCUT2D eigenvalue weighted by molar-refractivity contribution is 6.31. The summed E-state index contributed by atoms with van der Waals surface area (Å²) in [6.07, 6.45) is 11.5. The Morgan fingerprint density at radius 3 is 2.52 bits per heavy atom. The van der Waals surface area contributed by atoms with Crippen LogP contribution >= 0.6 is 11.6 Å². The summed E-state index contributed by atoms with van der Waals surface area (Å²) >= 11 is 6.60. The molecule has 0 radical (unpaired) electrons. The van der Waals surface area contributed by atoms with Crippen molar-refractivity contribution in [2.75, 3.05) is 5.43 Å². The lowest BCUT2D eigenvalue weighted by atomic mass is 9.98. The summed E-state index contributed by atoms with van der Waals surface area (Å²) in [4.78, 5) is 12.2. The molecule has 1 amide bonds. The van der Waals surface area contributed by atoms with E-state index in [1.165, 1.54) is 19.3 Å². The molecule has 3 aromatic rings. The third kappa shape index (κ3) is 7.23. The highest BCUT2D eigenvalue weighted by atomic mass is 35.5. The summed E-state index contributed by atoms with van der Waals surface area (Å²) in [6.45, 7) is 10.1. The largest absolute Gasteiger partial charge is 0.443 e. The first-order valence-electron chi connectivity index (χ1n) is 11.9. The van der Waals surface area contributed by atoms with Crippen molar-refractivity contribution in [1.82, 2.24) is 4.68 Å². The first-order chi connectivity index (χ1) is 15.6. The van der Waals surface area contributed by atoms with E-state index >= 15 is 0 Å². The number of unbranched alkanes of at least 4 members (excludes halogenated alkanes) is 2. The van der Waals surface area contributed by atoms with Crippen LogP contribution in [0.25, 0.3) is 10.9 Å². The van der Waals surface area contributed by atoms with E-state index in [2.05, 4.69) is 42.3 Å². The Morgan fingerprint density at radius 1 is 1.09 bits per heavy atom. The Kier molecular flexibility index (Phi) is 8.41. The SMILES string of the molecule is CC(C)CCCCCC(c1ccccc1Cl)[n+]1ccc2c(ccn2NC(=O)OC(C)(C)C)c1. The van der Waals surface area contributed by atoms with E-state index in [0.29, 0.717) is 0 Å². The zero-order valence-corrected chi connectivity index (χ0v) is 21.2. The molecule has 2 aromatic heterocycles. The van der Waals surface area contributed by atoms with Crippen molar-refractivity contribution in [3.63, 3.8) is 0 Å². The van der Waals surface area contributed by atoms with Crippen LogP contribution in [-0.4, -0.2) is 16.4 Å². The second kappa shape index (κ2) is 11.1. The number of ether oxygens (including phenoxy) is 1. The van der Waals surface area contributed by atoms with Crippen LogP contribution in [0.5, 0.6) is 0 Å². The highest BCUT2D eigenvalue weighted by Crippen LogP contribution is 2.27. The number of nitrogens with one attached hydrogen (secondary N) is 1. The van der Waals surface area contributed by atoms with Gasteiger partial charge in [0.25, 0.3) is 0 Å². The Labute approximate surface area is 202 Å². The van der Waals surface area contributed by atoms with Crippen LogP contribution in [-0.2, 0) is 4.74 Å². The first-order valence-corrected chi connectivity index (χ1v) is 12.3. The second-order valence-corrected chi connectivity index (χ2v) is 10.5. The van der Waals surface area contributed by atoms with Gasteiger partial charge in [-0.25, -0.2) is 10.2 Å². The third-order valence-corrected chi connectivity index (χ3v) is 5.99. The fourth-order valence-corrected chi connectivity index (χ4v) is 4.34. The van der Waals surface area contributed by atoms with E-state index in [1.54, 1.807) is 4.68 Å². The van der Waals surface area contributed by atoms with Gasteiger partial charge in [-0.1, -0.05) is 62.9 Å². The number of carbonyl (C=O) groups excluding carboxylic acids is 1. The average molecular weight is 471 g/mol. The molecule has 0 saturated heterocycles. The van der Waals surface area contributed by atoms with Gasteiger partial charge in [0.15, 0.2) is 18.4 Å². The number of hydrogen-bond donors (Lipinski definition) is 1. The number of aromatic nitrogens is 2. The molecule has 3 rings (SSSR count). The first kappa shape index (κ1) is 25.1. The molecule has 5 nitrogen and oxygen atoms in total. The molecule has 0 saturated carbocycles. The van der Waals surface area contributed by atoms with Gasteiger partial charge < -0.3 is 4.74 Å². The third-order valence-electron chi connectivity index (χ3n) is 5.64. The molecule has 1 atom stereocenters. The lowest BCUT2D eigenvalue weighted by Crippen LogP contribution is -2.39. The van der Waals surface area contributed by atoms with Gasteiger partial charge in [-0.3, -0.25) is 4.68 Å². The van der Waals surface area contributed by atoms with E-state index in [-0.39, 0.29) is 6.04 Å². The minimum atomic E-state index is -0.548. The van der Waals surface area contributed by atoms with E-state index in [9.17, 15) is 4.79 Å². The maximum Gasteiger partial charge on any atom is 0.426 e. The summed E-state index contributed by atoms with van der Waals surface area (Å²) in [5.74, 6) is 0.750. The summed E-state index contributed by atoms with van der Waals surface area (Å²) in [6, 6.07) is 12.3. The standard InChI is InChI=1S/C27H36ClN3O2/c1-20(2)11-7-6-8-14-25(22-12-9-10-13-23(22)28)30-17-16-24-21(19-30)15-18-31(24)29-26(32)33-27(3,4)5/h9-10,12-13,15-20,25H,6-8,11,14H2,1-5H3/p+1. The smallest absolute Gasteiger partial charge is 0.426 e. The quantitative estimate of drug-likeness (QED) is 0.264. The molecule has 1 N–H and O–H groups in total. The Bertz CT molecular complexity index is 1070. The maximum atomic E-state index is 12.2. The Hall–Kier alpha value is -2.53. The molecule has 0 fully saturated rings. The van der Waals surface area contributed by atoms with Crippen LogP contribution in [0.15, 0.2) is 55.0 Å². The molecule has 0 bridgehead atoms. The molecule has 0 aliphatic heterocycles. The zero-order chi connectivity index (χ0) is 24.0. The van der Waals surface area contributed by atoms with Gasteiger partial charge in [-0.15, -0.1) is 0 Å². The maximum absolute atomic E-state index is 12.2. The second-order valence-electron chi connectivity index (χ2n) is 10.1. The van der Waals surface area contributed by atoms with E-state index in [1.807, 2.05) is 57.3 Å². The average Bonchev–Trinajstić information content (AvgIpc) is 3.11. The molecule has 1 unspecified atom stereocenters. The fraction of sp³-hybridized carbons (Fsp3) is 0.481. The van der Waals surface area contributed by atoms with Crippen LogP contribution in [0.2, 0.25) is 5.02 Å². The molecule has 6 heteroatoms. The summed E-state index contributed by atoms with van der Waals surface area (Å²) < 4.78 is 9.32. The molecule has 2 heterocycles. The van der Waals surface area contributed by atoms with Crippen molar-refractivity contribution in [3.8, 4) is 0 Å². The Morgan fingerprint density at radius 2 is 1.82 bits per heavy atom. The van der Waals surface area contributed by atoms with Crippen molar-refractivity contribution >= 4 is 28.6 Å². The number of pyridine rings is 1. The highest BCUT2D eigenvalue weighted by Gasteiger charge is 2.24. The molecule has 0 spiro atoms. The van der Waals surface area contributed by atoms with Crippen LogP contribution in [0, 0.1) is 5.92 Å². The van der Waals surface area contributed by atoms with Gasteiger partial charge in [0.05, 0.1) is 15.9 Å². The lowest BCUT2D eigenvalue weighted by Gasteiger charge is -2.20. The zero-order valence-electron chi connectivity index (χ0n) is 20.5. The molecular formula is C27H37ClN3O2+. The number of amides is 1. The lowest BCUT2D eigenvalue weighted by molar-refractivity contribution is -0.713. The topological polar surface area (TPSA) is 47.1 Å². The van der Waals surface area contributed by atoms with E-state index in [0.717, 1.165) is 40.2 Å². The van der Waals surface area contributed by atoms with Crippen LogP contribution in [0.4, 0.5) is 4.79 Å². The summed E-state index contributed by atoms with van der Waals surface area (Å²) in [5, 5.41) is 1.83. The van der Waals surface area contributed by atoms with Gasteiger partial charge >= 0.3 is 6.09 Å². The number of fused-ring (bicyclic) bond motifs is 1. The van der Waals surface area contributed by atoms with Gasteiger partial charge in [0, 0.05) is 24.2 Å². The van der Waals surface area contributed by atoms with Gasteiger partial charge in [-0.2, -0.15) is 4.57 Å². The number of benzene rings is 1. The molecule has 178 valence electrons. The van der Waals surface area contributed by atoms with Crippen molar-refractivity contribution in [2.24, 2.45) is 5.92 Å². The molecule has 0 aliphatic carbocycles. The summed E-state index contributed by atoms with van der Waals surface area (Å²) in [5.41, 5.74) is 4.29. The predicted molar refractivity (Wildman–Crippen MR) is 135 cm³/mol. The van der Waals surface area contributed by atoms with Crippen LogP contribution in [0.1, 0.15) is 78.3 Å². The number of hydrogen-bond acceptors (Lipinski definition) is 2. The molecular weight excluding hydrogens is 434 g/mol. The van der Waals surface area contributed by atoms with Gasteiger partial charge in [-0.05, 0) is 45.2 Å². The molecule has 1 aromatic carbocycles. The van der Waals surface area contributed by atoms with Gasteiger partial charge in [0.1, 0.15) is 5.60 Å². The molecule has 33 heavy (non-hydrogen) atoms. The van der Waals surface area contributed by atoms with Crippen LogP contribution < -0.4 is 9.99 Å². The van der Waals surface area contributed by atoms with E-state index < -0.39 is 11.7 Å².